The minimum absolute atomic E-state index is 0.638. The van der Waals surface area contributed by atoms with Crippen LogP contribution in [0.5, 0.6) is 0 Å². The zero-order chi connectivity index (χ0) is 12.1. The summed E-state index contributed by atoms with van der Waals surface area (Å²) in [5, 5.41) is 8.20. The highest BCUT2D eigenvalue weighted by atomic mass is 16.1. The van der Waals surface area contributed by atoms with Crippen molar-refractivity contribution in [2.45, 2.75) is 6.92 Å². The number of aldehydes is 1. The SMILES string of the molecule is Cc1ccc(/N=N/c2ccc(C=O)cc2)cc1. The van der Waals surface area contributed by atoms with Gasteiger partial charge in [-0.2, -0.15) is 10.2 Å². The number of aryl methyl sites for hydroxylation is 1. The van der Waals surface area contributed by atoms with Gasteiger partial charge in [-0.15, -0.1) is 0 Å². The van der Waals surface area contributed by atoms with Crippen LogP contribution in [-0.2, 0) is 0 Å². The van der Waals surface area contributed by atoms with E-state index in [2.05, 4.69) is 10.2 Å². The minimum Gasteiger partial charge on any atom is -0.298 e. The summed E-state index contributed by atoms with van der Waals surface area (Å²) in [4.78, 5) is 10.5. The Bertz CT molecular complexity index is 527. The first-order valence-corrected chi connectivity index (χ1v) is 5.31. The van der Waals surface area contributed by atoms with Gasteiger partial charge in [-0.3, -0.25) is 4.79 Å². The highest BCUT2D eigenvalue weighted by molar-refractivity contribution is 5.75. The lowest BCUT2D eigenvalue weighted by molar-refractivity contribution is 0.112. The molecule has 0 aliphatic carbocycles. The first-order valence-electron chi connectivity index (χ1n) is 5.31. The van der Waals surface area contributed by atoms with Crippen molar-refractivity contribution in [2.75, 3.05) is 0 Å². The molecule has 0 aliphatic heterocycles. The van der Waals surface area contributed by atoms with Gasteiger partial charge >= 0.3 is 0 Å². The second-order valence-electron chi connectivity index (χ2n) is 3.74. The summed E-state index contributed by atoms with van der Waals surface area (Å²) in [6, 6.07) is 14.8. The van der Waals surface area contributed by atoms with E-state index in [9.17, 15) is 4.79 Å². The number of azo groups is 1. The van der Waals surface area contributed by atoms with E-state index < -0.39 is 0 Å². The Morgan fingerprint density at radius 2 is 1.29 bits per heavy atom. The maximum Gasteiger partial charge on any atom is 0.150 e. The van der Waals surface area contributed by atoms with Gasteiger partial charge in [0.1, 0.15) is 6.29 Å². The summed E-state index contributed by atoms with van der Waals surface area (Å²) >= 11 is 0. The van der Waals surface area contributed by atoms with Crippen LogP contribution < -0.4 is 0 Å². The van der Waals surface area contributed by atoms with E-state index in [-0.39, 0.29) is 0 Å². The van der Waals surface area contributed by atoms with Crippen LogP contribution in [-0.4, -0.2) is 6.29 Å². The molecule has 2 aromatic carbocycles. The molecule has 84 valence electrons. The topological polar surface area (TPSA) is 41.8 Å². The maximum atomic E-state index is 10.5. The third-order valence-corrected chi connectivity index (χ3v) is 2.34. The normalized spacial score (nSPS) is 10.6. The Balaban J connectivity index is 2.14. The first-order chi connectivity index (χ1) is 8.28. The van der Waals surface area contributed by atoms with Crippen molar-refractivity contribution >= 4 is 17.7 Å². The molecule has 0 aromatic heterocycles. The van der Waals surface area contributed by atoms with Gasteiger partial charge in [0.2, 0.25) is 0 Å². The van der Waals surface area contributed by atoms with E-state index in [0.29, 0.717) is 5.56 Å². The Morgan fingerprint density at radius 1 is 0.824 bits per heavy atom. The fraction of sp³-hybridized carbons (Fsp3) is 0.0714. The molecule has 0 unspecified atom stereocenters. The van der Waals surface area contributed by atoms with Gasteiger partial charge < -0.3 is 0 Å². The lowest BCUT2D eigenvalue weighted by atomic mass is 10.2. The number of carbonyl (C=O) groups is 1. The number of carbonyl (C=O) groups excluding carboxylic acids is 1. The highest BCUT2D eigenvalue weighted by Gasteiger charge is 1.92. The van der Waals surface area contributed by atoms with Gasteiger partial charge in [0.15, 0.2) is 0 Å². The number of nitrogens with zero attached hydrogens (tertiary/aromatic N) is 2. The first kappa shape index (κ1) is 11.2. The molecule has 0 bridgehead atoms. The summed E-state index contributed by atoms with van der Waals surface area (Å²) < 4.78 is 0. The zero-order valence-corrected chi connectivity index (χ0v) is 9.50. The Kier molecular flexibility index (Phi) is 3.40. The maximum absolute atomic E-state index is 10.5. The van der Waals surface area contributed by atoms with E-state index in [1.807, 2.05) is 31.2 Å². The molecule has 2 aromatic rings. The molecule has 0 amide bonds. The summed E-state index contributed by atoms with van der Waals surface area (Å²) in [5.74, 6) is 0. The average molecular weight is 224 g/mol. The molecule has 0 radical (unpaired) electrons. The van der Waals surface area contributed by atoms with E-state index in [1.165, 1.54) is 5.56 Å². The lowest BCUT2D eigenvalue weighted by Gasteiger charge is -1.95. The van der Waals surface area contributed by atoms with Crippen LogP contribution in [0.4, 0.5) is 11.4 Å². The molecule has 0 spiro atoms. The molecule has 17 heavy (non-hydrogen) atoms. The van der Waals surface area contributed by atoms with E-state index >= 15 is 0 Å². The van der Waals surface area contributed by atoms with Gasteiger partial charge in [0.05, 0.1) is 11.4 Å². The monoisotopic (exact) mass is 224 g/mol. The number of hydrogen-bond acceptors (Lipinski definition) is 3. The Hall–Kier alpha value is -2.29. The molecule has 3 nitrogen and oxygen atoms in total. The molecule has 0 saturated heterocycles. The van der Waals surface area contributed by atoms with Crippen molar-refractivity contribution in [3.8, 4) is 0 Å². The smallest absolute Gasteiger partial charge is 0.150 e. The standard InChI is InChI=1S/C14H12N2O/c1-11-2-6-13(7-3-11)15-16-14-8-4-12(10-17)5-9-14/h2-10H,1H3/b16-15+. The van der Waals surface area contributed by atoms with E-state index in [4.69, 9.17) is 0 Å². The quantitative estimate of drug-likeness (QED) is 0.568. The van der Waals surface area contributed by atoms with Crippen LogP contribution in [0.2, 0.25) is 0 Å². The van der Waals surface area contributed by atoms with Crippen molar-refractivity contribution < 1.29 is 4.79 Å². The van der Waals surface area contributed by atoms with Crippen molar-refractivity contribution in [1.82, 2.24) is 0 Å². The van der Waals surface area contributed by atoms with Crippen LogP contribution in [0.1, 0.15) is 15.9 Å². The summed E-state index contributed by atoms with van der Waals surface area (Å²) in [7, 11) is 0. The van der Waals surface area contributed by atoms with Crippen LogP contribution in [0.15, 0.2) is 58.8 Å². The fourth-order valence-electron chi connectivity index (χ4n) is 1.35. The van der Waals surface area contributed by atoms with E-state index in [1.54, 1.807) is 24.3 Å². The summed E-state index contributed by atoms with van der Waals surface area (Å²) in [6.07, 6.45) is 0.806. The molecule has 0 saturated carbocycles. The van der Waals surface area contributed by atoms with Gasteiger partial charge in [0, 0.05) is 5.56 Å². The third-order valence-electron chi connectivity index (χ3n) is 2.34. The van der Waals surface area contributed by atoms with Crippen LogP contribution in [0.3, 0.4) is 0 Å². The molecular formula is C14H12N2O. The number of rotatable bonds is 3. The van der Waals surface area contributed by atoms with Crippen LogP contribution >= 0.6 is 0 Å². The molecule has 0 heterocycles. The molecule has 0 atom stereocenters. The zero-order valence-electron chi connectivity index (χ0n) is 9.50. The molecule has 3 heteroatoms. The van der Waals surface area contributed by atoms with Crippen LogP contribution in [0, 0.1) is 6.92 Å². The third kappa shape index (κ3) is 3.08. The van der Waals surface area contributed by atoms with Gasteiger partial charge in [-0.25, -0.2) is 0 Å². The largest absolute Gasteiger partial charge is 0.298 e. The minimum atomic E-state index is 0.638. The second-order valence-corrected chi connectivity index (χ2v) is 3.74. The van der Waals surface area contributed by atoms with Crippen molar-refractivity contribution in [1.29, 1.82) is 0 Å². The molecule has 0 N–H and O–H groups in total. The predicted octanol–water partition coefficient (Wildman–Crippen LogP) is 4.22. The predicted molar refractivity (Wildman–Crippen MR) is 67.2 cm³/mol. The second kappa shape index (κ2) is 5.16. The fourth-order valence-corrected chi connectivity index (χ4v) is 1.35. The number of hydrogen-bond donors (Lipinski definition) is 0. The number of benzene rings is 2. The average Bonchev–Trinajstić information content (AvgIpc) is 2.39. The van der Waals surface area contributed by atoms with Crippen molar-refractivity contribution in [2.24, 2.45) is 10.2 Å². The lowest BCUT2D eigenvalue weighted by Crippen LogP contribution is -1.75. The molecular weight excluding hydrogens is 212 g/mol. The van der Waals surface area contributed by atoms with E-state index in [0.717, 1.165) is 17.7 Å². The van der Waals surface area contributed by atoms with Gasteiger partial charge in [-0.1, -0.05) is 17.7 Å². The van der Waals surface area contributed by atoms with Gasteiger partial charge in [-0.05, 0) is 43.3 Å². The summed E-state index contributed by atoms with van der Waals surface area (Å²) in [6.45, 7) is 2.03. The Labute approximate surface area is 99.8 Å². The molecule has 2 rings (SSSR count). The van der Waals surface area contributed by atoms with Crippen LogP contribution in [0.25, 0.3) is 0 Å². The molecule has 0 fully saturated rings. The highest BCUT2D eigenvalue weighted by Crippen LogP contribution is 2.18. The Morgan fingerprint density at radius 3 is 1.76 bits per heavy atom. The van der Waals surface area contributed by atoms with Gasteiger partial charge in [0.25, 0.3) is 0 Å². The van der Waals surface area contributed by atoms with Crippen molar-refractivity contribution in [3.05, 3.63) is 59.7 Å². The van der Waals surface area contributed by atoms with Crippen molar-refractivity contribution in [3.63, 3.8) is 0 Å². The molecule has 0 aliphatic rings. The summed E-state index contributed by atoms with van der Waals surface area (Å²) in [5.41, 5.74) is 3.38.